The second-order valence-electron chi connectivity index (χ2n) is 6.68. The molecular formula is C20H19ClFN7O. The van der Waals surface area contributed by atoms with Crippen LogP contribution in [0.4, 0.5) is 32.2 Å². The molecule has 8 nitrogen and oxygen atoms in total. The van der Waals surface area contributed by atoms with Crippen LogP contribution in [0.2, 0.25) is 5.02 Å². The van der Waals surface area contributed by atoms with Crippen LogP contribution in [0.25, 0.3) is 0 Å². The van der Waals surface area contributed by atoms with Crippen LogP contribution in [-0.4, -0.2) is 52.3 Å². The van der Waals surface area contributed by atoms with Gasteiger partial charge >= 0.3 is 6.03 Å². The molecule has 3 aromatic rings. The van der Waals surface area contributed by atoms with E-state index < -0.39 is 5.82 Å². The molecule has 1 aliphatic heterocycles. The van der Waals surface area contributed by atoms with Gasteiger partial charge in [0.15, 0.2) is 11.6 Å². The van der Waals surface area contributed by atoms with Crippen LogP contribution in [0.3, 0.4) is 0 Å². The van der Waals surface area contributed by atoms with Crippen LogP contribution in [0.5, 0.6) is 0 Å². The highest BCUT2D eigenvalue weighted by Crippen LogP contribution is 2.21. The maximum absolute atomic E-state index is 13.3. The molecule has 1 aromatic carbocycles. The Labute approximate surface area is 177 Å². The average molecular weight is 428 g/mol. The molecule has 0 unspecified atom stereocenters. The van der Waals surface area contributed by atoms with Gasteiger partial charge < -0.3 is 20.4 Å². The number of aromatic nitrogens is 3. The van der Waals surface area contributed by atoms with Gasteiger partial charge in [0, 0.05) is 38.1 Å². The third-order valence-electron chi connectivity index (χ3n) is 4.65. The van der Waals surface area contributed by atoms with Gasteiger partial charge in [0.1, 0.15) is 5.82 Å². The Morgan fingerprint density at radius 2 is 1.87 bits per heavy atom. The normalized spacial score (nSPS) is 13.8. The molecule has 0 atom stereocenters. The number of piperazine rings is 1. The summed E-state index contributed by atoms with van der Waals surface area (Å²) in [5.41, 5.74) is 1.29. The van der Waals surface area contributed by atoms with E-state index in [-0.39, 0.29) is 11.1 Å². The van der Waals surface area contributed by atoms with Gasteiger partial charge in [-0.15, -0.1) is 10.2 Å². The Balaban J connectivity index is 1.30. The first-order valence-corrected chi connectivity index (χ1v) is 9.73. The van der Waals surface area contributed by atoms with E-state index in [1.54, 1.807) is 17.3 Å². The molecule has 1 saturated heterocycles. The molecule has 3 heterocycles. The monoisotopic (exact) mass is 427 g/mol. The number of nitrogens with zero attached hydrogens (tertiary/aromatic N) is 5. The van der Waals surface area contributed by atoms with Crippen molar-refractivity contribution < 1.29 is 9.18 Å². The Bertz CT molecular complexity index is 1010. The zero-order valence-corrected chi connectivity index (χ0v) is 16.7. The van der Waals surface area contributed by atoms with Crippen molar-refractivity contribution in [3.63, 3.8) is 0 Å². The van der Waals surface area contributed by atoms with E-state index in [0.29, 0.717) is 37.7 Å². The summed E-state index contributed by atoms with van der Waals surface area (Å²) in [5, 5.41) is 14.3. The van der Waals surface area contributed by atoms with E-state index in [4.69, 9.17) is 11.6 Å². The van der Waals surface area contributed by atoms with Crippen LogP contribution in [0.15, 0.2) is 54.9 Å². The molecule has 4 rings (SSSR count). The Kier molecular flexibility index (Phi) is 5.89. The van der Waals surface area contributed by atoms with Gasteiger partial charge in [-0.2, -0.15) is 0 Å². The number of nitrogens with one attached hydrogen (secondary N) is 2. The van der Waals surface area contributed by atoms with Crippen molar-refractivity contribution in [1.82, 2.24) is 20.1 Å². The quantitative estimate of drug-likeness (QED) is 0.659. The van der Waals surface area contributed by atoms with E-state index in [0.717, 1.165) is 11.5 Å². The molecule has 2 aromatic heterocycles. The minimum absolute atomic E-state index is 0.0299. The topological polar surface area (TPSA) is 86.3 Å². The first kappa shape index (κ1) is 19.8. The zero-order chi connectivity index (χ0) is 20.9. The van der Waals surface area contributed by atoms with Gasteiger partial charge in [-0.05, 0) is 42.5 Å². The number of hydrogen-bond donors (Lipinski definition) is 2. The van der Waals surface area contributed by atoms with E-state index in [1.807, 2.05) is 24.3 Å². The predicted molar refractivity (Wildman–Crippen MR) is 114 cm³/mol. The van der Waals surface area contributed by atoms with Gasteiger partial charge in [-0.25, -0.2) is 9.18 Å². The van der Waals surface area contributed by atoms with Crippen molar-refractivity contribution in [2.75, 3.05) is 41.7 Å². The van der Waals surface area contributed by atoms with Crippen LogP contribution < -0.4 is 15.5 Å². The molecule has 30 heavy (non-hydrogen) atoms. The summed E-state index contributed by atoms with van der Waals surface area (Å²) in [6.45, 7) is 2.31. The number of hydrogen-bond acceptors (Lipinski definition) is 6. The molecule has 0 bridgehead atoms. The van der Waals surface area contributed by atoms with Crippen molar-refractivity contribution in [1.29, 1.82) is 0 Å². The van der Waals surface area contributed by atoms with Crippen molar-refractivity contribution in [3.05, 3.63) is 65.7 Å². The van der Waals surface area contributed by atoms with Crippen LogP contribution in [-0.2, 0) is 0 Å². The van der Waals surface area contributed by atoms with Gasteiger partial charge in [-0.3, -0.25) is 4.98 Å². The molecule has 2 N–H and O–H groups in total. The van der Waals surface area contributed by atoms with E-state index in [9.17, 15) is 9.18 Å². The standard InChI is InChI=1S/C20H19ClFN7O/c21-16-12-14(3-4-17(16)22)25-20(30)29-10-8-28(9-11-29)19-6-5-18(26-27-19)24-15-2-1-7-23-13-15/h1-7,12-13H,8-11H2,(H,24,26)(H,25,30). The molecule has 154 valence electrons. The van der Waals surface area contributed by atoms with E-state index in [2.05, 4.69) is 30.7 Å². The first-order chi connectivity index (χ1) is 14.6. The number of carbonyl (C=O) groups is 1. The highest BCUT2D eigenvalue weighted by molar-refractivity contribution is 6.31. The molecule has 1 fully saturated rings. The van der Waals surface area contributed by atoms with Crippen molar-refractivity contribution in [3.8, 4) is 0 Å². The van der Waals surface area contributed by atoms with Crippen molar-refractivity contribution in [2.45, 2.75) is 0 Å². The molecule has 0 radical (unpaired) electrons. The Morgan fingerprint density at radius 3 is 2.53 bits per heavy atom. The molecule has 2 amide bonds. The lowest BCUT2D eigenvalue weighted by molar-refractivity contribution is 0.208. The minimum Gasteiger partial charge on any atom is -0.352 e. The fourth-order valence-electron chi connectivity index (χ4n) is 3.06. The van der Waals surface area contributed by atoms with Gasteiger partial charge in [0.2, 0.25) is 0 Å². The largest absolute Gasteiger partial charge is 0.352 e. The minimum atomic E-state index is -0.522. The summed E-state index contributed by atoms with van der Waals surface area (Å²) in [4.78, 5) is 20.3. The molecule has 0 aliphatic carbocycles. The molecular weight excluding hydrogens is 409 g/mol. The number of rotatable bonds is 4. The van der Waals surface area contributed by atoms with E-state index in [1.165, 1.54) is 18.2 Å². The summed E-state index contributed by atoms with van der Waals surface area (Å²) >= 11 is 5.76. The maximum Gasteiger partial charge on any atom is 0.321 e. The Hall–Kier alpha value is -3.46. The second-order valence-corrected chi connectivity index (χ2v) is 7.08. The lowest BCUT2D eigenvalue weighted by Crippen LogP contribution is -2.50. The number of pyridine rings is 1. The smallest absolute Gasteiger partial charge is 0.321 e. The number of urea groups is 1. The third kappa shape index (κ3) is 4.74. The predicted octanol–water partition coefficient (Wildman–Crippen LogP) is 3.76. The highest BCUT2D eigenvalue weighted by Gasteiger charge is 2.22. The molecule has 1 aliphatic rings. The second kappa shape index (κ2) is 8.91. The third-order valence-corrected chi connectivity index (χ3v) is 4.94. The summed E-state index contributed by atoms with van der Waals surface area (Å²) in [7, 11) is 0. The summed E-state index contributed by atoms with van der Waals surface area (Å²) in [6, 6.07) is 11.3. The molecule has 10 heteroatoms. The lowest BCUT2D eigenvalue weighted by atomic mass is 10.3. The van der Waals surface area contributed by atoms with Crippen LogP contribution in [0.1, 0.15) is 0 Å². The van der Waals surface area contributed by atoms with Crippen LogP contribution >= 0.6 is 11.6 Å². The van der Waals surface area contributed by atoms with Crippen molar-refractivity contribution >= 4 is 40.6 Å². The van der Waals surface area contributed by atoms with E-state index >= 15 is 0 Å². The number of anilines is 4. The van der Waals surface area contributed by atoms with Crippen LogP contribution in [0, 0.1) is 5.82 Å². The summed E-state index contributed by atoms with van der Waals surface area (Å²) in [6.07, 6.45) is 3.41. The van der Waals surface area contributed by atoms with Gasteiger partial charge in [-0.1, -0.05) is 11.6 Å². The number of benzene rings is 1. The highest BCUT2D eigenvalue weighted by atomic mass is 35.5. The van der Waals surface area contributed by atoms with Crippen molar-refractivity contribution in [2.24, 2.45) is 0 Å². The first-order valence-electron chi connectivity index (χ1n) is 9.35. The fourth-order valence-corrected chi connectivity index (χ4v) is 3.24. The maximum atomic E-state index is 13.3. The van der Waals surface area contributed by atoms with Gasteiger partial charge in [0.05, 0.1) is 16.9 Å². The Morgan fingerprint density at radius 1 is 1.03 bits per heavy atom. The molecule has 0 spiro atoms. The number of amides is 2. The SMILES string of the molecule is O=C(Nc1ccc(F)c(Cl)c1)N1CCN(c2ccc(Nc3cccnc3)nn2)CC1. The van der Waals surface area contributed by atoms with Gasteiger partial charge in [0.25, 0.3) is 0 Å². The number of carbonyl (C=O) groups excluding carboxylic acids is 1. The average Bonchev–Trinajstić information content (AvgIpc) is 2.78. The zero-order valence-electron chi connectivity index (χ0n) is 15.9. The number of halogens is 2. The lowest BCUT2D eigenvalue weighted by Gasteiger charge is -2.35. The molecule has 0 saturated carbocycles. The fraction of sp³-hybridized carbons (Fsp3) is 0.200. The summed E-state index contributed by atoms with van der Waals surface area (Å²) in [5.74, 6) is 0.853. The summed E-state index contributed by atoms with van der Waals surface area (Å²) < 4.78 is 13.3.